The summed E-state index contributed by atoms with van der Waals surface area (Å²) >= 11 is 4.49. The third kappa shape index (κ3) is 4.28. The Bertz CT molecular complexity index is 1430. The molecule has 0 saturated carbocycles. The molecule has 0 saturated heterocycles. The van der Waals surface area contributed by atoms with Gasteiger partial charge in [-0.1, -0.05) is 17.4 Å². The van der Waals surface area contributed by atoms with Crippen molar-refractivity contribution in [1.29, 1.82) is 0 Å². The van der Waals surface area contributed by atoms with Gasteiger partial charge in [0.15, 0.2) is 21.0 Å². The number of methoxy groups -OCH3 is 2. The molecule has 33 heavy (non-hydrogen) atoms. The molecule has 0 radical (unpaired) electrons. The van der Waals surface area contributed by atoms with Crippen LogP contribution in [0.5, 0.6) is 11.5 Å². The van der Waals surface area contributed by atoms with Gasteiger partial charge in [-0.05, 0) is 59.6 Å². The molecule has 1 aliphatic heterocycles. The van der Waals surface area contributed by atoms with Crippen molar-refractivity contribution >= 4 is 39.3 Å². The second-order valence-electron chi connectivity index (χ2n) is 7.06. The summed E-state index contributed by atoms with van der Waals surface area (Å²) < 4.78 is 24.1. The summed E-state index contributed by atoms with van der Waals surface area (Å²) in [5, 5.41) is 0. The van der Waals surface area contributed by atoms with Crippen molar-refractivity contribution in [2.45, 2.75) is 19.9 Å². The average Bonchev–Trinajstić information content (AvgIpc) is 3.34. The zero-order valence-electron chi connectivity index (χ0n) is 18.4. The molecule has 1 aliphatic rings. The van der Waals surface area contributed by atoms with Crippen LogP contribution in [0, 0.1) is 0 Å². The van der Waals surface area contributed by atoms with E-state index in [-0.39, 0.29) is 12.2 Å². The maximum absolute atomic E-state index is 13.5. The quantitative estimate of drug-likeness (QED) is 0.452. The molecule has 0 fully saturated rings. The van der Waals surface area contributed by atoms with E-state index in [2.05, 4.69) is 20.9 Å². The Morgan fingerprint density at radius 3 is 2.64 bits per heavy atom. The highest BCUT2D eigenvalue weighted by Gasteiger charge is 2.33. The molecular weight excluding hydrogens is 512 g/mol. The van der Waals surface area contributed by atoms with Crippen LogP contribution in [-0.2, 0) is 9.53 Å². The first-order valence-electron chi connectivity index (χ1n) is 10.0. The SMILES string of the molecule is CCOC(=O)C1=C(C)N=c2s/c(=C/c3ccc(Br)o3)c(=O)n2[C@@H]1c1ccc(OC)c(OC)c1. The fraction of sp³-hybridized carbons (Fsp3) is 0.261. The molecule has 0 aliphatic carbocycles. The fourth-order valence-corrected chi connectivity index (χ4v) is 5.01. The lowest BCUT2D eigenvalue weighted by Gasteiger charge is -2.25. The normalized spacial score (nSPS) is 15.8. The number of ether oxygens (including phenoxy) is 3. The van der Waals surface area contributed by atoms with Gasteiger partial charge in [0.1, 0.15) is 5.76 Å². The van der Waals surface area contributed by atoms with E-state index < -0.39 is 12.0 Å². The number of allylic oxidation sites excluding steroid dienone is 1. The number of thiazole rings is 1. The lowest BCUT2D eigenvalue weighted by Crippen LogP contribution is -2.39. The lowest BCUT2D eigenvalue weighted by molar-refractivity contribution is -0.139. The molecule has 0 bridgehead atoms. The van der Waals surface area contributed by atoms with Crippen molar-refractivity contribution in [3.8, 4) is 11.5 Å². The first-order chi connectivity index (χ1) is 15.9. The van der Waals surface area contributed by atoms with Crippen LogP contribution in [0.1, 0.15) is 31.2 Å². The second kappa shape index (κ2) is 9.40. The lowest BCUT2D eigenvalue weighted by atomic mass is 9.95. The van der Waals surface area contributed by atoms with Crippen molar-refractivity contribution in [3.63, 3.8) is 0 Å². The largest absolute Gasteiger partial charge is 0.493 e. The smallest absolute Gasteiger partial charge is 0.338 e. The average molecular weight is 533 g/mol. The van der Waals surface area contributed by atoms with E-state index in [4.69, 9.17) is 18.6 Å². The number of hydrogen-bond acceptors (Lipinski definition) is 8. The van der Waals surface area contributed by atoms with Gasteiger partial charge in [-0.15, -0.1) is 0 Å². The maximum Gasteiger partial charge on any atom is 0.338 e. The molecule has 0 N–H and O–H groups in total. The Kier molecular flexibility index (Phi) is 6.57. The highest BCUT2D eigenvalue weighted by atomic mass is 79.9. The standard InChI is InChI=1S/C23H21BrN2O6S/c1-5-31-22(28)19-12(2)25-23-26(20(19)13-6-8-15(29-3)16(10-13)30-4)21(27)17(33-23)11-14-7-9-18(24)32-14/h6-11,20H,5H2,1-4H3/b17-11+/t20-/m1/s1. The van der Waals surface area contributed by atoms with Crippen LogP contribution in [0.3, 0.4) is 0 Å². The Hall–Kier alpha value is -3.11. The molecule has 0 amide bonds. The molecule has 3 aromatic rings. The molecule has 1 aromatic carbocycles. The van der Waals surface area contributed by atoms with E-state index in [0.29, 0.717) is 48.1 Å². The monoisotopic (exact) mass is 532 g/mol. The predicted octanol–water partition coefficient (Wildman–Crippen LogP) is 3.17. The Morgan fingerprint density at radius 2 is 2.00 bits per heavy atom. The first-order valence-corrected chi connectivity index (χ1v) is 11.7. The number of furan rings is 1. The minimum Gasteiger partial charge on any atom is -0.493 e. The van der Waals surface area contributed by atoms with Crippen LogP contribution in [0.15, 0.2) is 60.5 Å². The number of fused-ring (bicyclic) bond motifs is 1. The number of carbonyl (C=O) groups excluding carboxylic acids is 1. The van der Waals surface area contributed by atoms with E-state index >= 15 is 0 Å². The van der Waals surface area contributed by atoms with Crippen LogP contribution in [0.25, 0.3) is 6.08 Å². The van der Waals surface area contributed by atoms with Gasteiger partial charge < -0.3 is 18.6 Å². The molecule has 0 spiro atoms. The summed E-state index contributed by atoms with van der Waals surface area (Å²) in [6, 6.07) is 8.04. The topological polar surface area (TPSA) is 92.3 Å². The van der Waals surface area contributed by atoms with E-state index in [0.717, 1.165) is 0 Å². The van der Waals surface area contributed by atoms with Crippen LogP contribution in [0.4, 0.5) is 0 Å². The number of benzene rings is 1. The summed E-state index contributed by atoms with van der Waals surface area (Å²) in [4.78, 5) is 31.5. The van der Waals surface area contributed by atoms with Crippen molar-refractivity contribution in [2.24, 2.45) is 4.99 Å². The molecule has 4 rings (SSSR count). The van der Waals surface area contributed by atoms with Crippen LogP contribution < -0.4 is 24.4 Å². The highest BCUT2D eigenvalue weighted by molar-refractivity contribution is 9.10. The minimum absolute atomic E-state index is 0.200. The van der Waals surface area contributed by atoms with E-state index in [1.807, 2.05) is 0 Å². The van der Waals surface area contributed by atoms with Crippen molar-refractivity contribution in [3.05, 3.63) is 77.3 Å². The van der Waals surface area contributed by atoms with Gasteiger partial charge >= 0.3 is 5.97 Å². The highest BCUT2D eigenvalue weighted by Crippen LogP contribution is 2.36. The molecule has 0 unspecified atom stereocenters. The minimum atomic E-state index is -0.745. The molecule has 10 heteroatoms. The fourth-order valence-electron chi connectivity index (χ4n) is 3.66. The van der Waals surface area contributed by atoms with Gasteiger partial charge in [0.25, 0.3) is 5.56 Å². The van der Waals surface area contributed by atoms with Crippen LogP contribution in [-0.4, -0.2) is 31.4 Å². The Labute approximate surface area is 201 Å². The van der Waals surface area contributed by atoms with Crippen LogP contribution >= 0.6 is 27.3 Å². The summed E-state index contributed by atoms with van der Waals surface area (Å²) in [6.07, 6.45) is 1.66. The molecule has 1 atom stereocenters. The van der Waals surface area contributed by atoms with E-state index in [1.54, 1.807) is 57.4 Å². The Balaban J connectivity index is 1.97. The zero-order valence-corrected chi connectivity index (χ0v) is 20.8. The molecular formula is C23H21BrN2O6S. The number of halogens is 1. The molecule has 172 valence electrons. The van der Waals surface area contributed by atoms with E-state index in [1.165, 1.54) is 23.0 Å². The number of carbonyl (C=O) groups is 1. The van der Waals surface area contributed by atoms with E-state index in [9.17, 15) is 9.59 Å². The maximum atomic E-state index is 13.5. The van der Waals surface area contributed by atoms with Gasteiger partial charge in [0.05, 0.1) is 42.7 Å². The van der Waals surface area contributed by atoms with Gasteiger partial charge in [-0.3, -0.25) is 9.36 Å². The van der Waals surface area contributed by atoms with Crippen LogP contribution in [0.2, 0.25) is 0 Å². The number of esters is 1. The third-order valence-electron chi connectivity index (χ3n) is 5.11. The first kappa shape index (κ1) is 23.1. The van der Waals surface area contributed by atoms with Crippen molar-refractivity contribution in [2.75, 3.05) is 20.8 Å². The summed E-state index contributed by atoms with van der Waals surface area (Å²) in [5.74, 6) is 1.02. The number of nitrogens with zero attached hydrogens (tertiary/aromatic N) is 2. The molecule has 3 heterocycles. The summed E-state index contributed by atoms with van der Waals surface area (Å²) in [5.41, 5.74) is 1.16. The summed E-state index contributed by atoms with van der Waals surface area (Å²) in [7, 11) is 3.07. The summed E-state index contributed by atoms with van der Waals surface area (Å²) in [6.45, 7) is 3.67. The molecule has 2 aromatic heterocycles. The molecule has 8 nitrogen and oxygen atoms in total. The second-order valence-corrected chi connectivity index (χ2v) is 8.85. The predicted molar refractivity (Wildman–Crippen MR) is 126 cm³/mol. The Morgan fingerprint density at radius 1 is 1.24 bits per heavy atom. The number of hydrogen-bond donors (Lipinski definition) is 0. The van der Waals surface area contributed by atoms with Gasteiger partial charge in [0, 0.05) is 6.08 Å². The van der Waals surface area contributed by atoms with Gasteiger partial charge in [-0.25, -0.2) is 9.79 Å². The van der Waals surface area contributed by atoms with Crippen molar-refractivity contribution in [1.82, 2.24) is 4.57 Å². The number of rotatable bonds is 6. The van der Waals surface area contributed by atoms with Gasteiger partial charge in [-0.2, -0.15) is 0 Å². The zero-order chi connectivity index (χ0) is 23.7. The third-order valence-corrected chi connectivity index (χ3v) is 6.52. The number of aromatic nitrogens is 1. The van der Waals surface area contributed by atoms with Gasteiger partial charge in [0.2, 0.25) is 0 Å². The van der Waals surface area contributed by atoms with Crippen molar-refractivity contribution < 1.29 is 23.4 Å².